The van der Waals surface area contributed by atoms with Gasteiger partial charge in [-0.3, -0.25) is 0 Å². The summed E-state index contributed by atoms with van der Waals surface area (Å²) in [4.78, 5) is 0. The van der Waals surface area contributed by atoms with E-state index >= 15 is 0 Å². The molecule has 1 saturated heterocycles. The van der Waals surface area contributed by atoms with Crippen molar-refractivity contribution in [2.75, 3.05) is 13.7 Å². The van der Waals surface area contributed by atoms with E-state index in [4.69, 9.17) is 9.47 Å². The number of aliphatic hydroxyl groups is 1. The lowest BCUT2D eigenvalue weighted by Crippen LogP contribution is -2.33. The molecule has 0 bridgehead atoms. The molecule has 2 atom stereocenters. The number of methoxy groups -OCH3 is 1. The number of benzene rings is 1. The van der Waals surface area contributed by atoms with Crippen molar-refractivity contribution < 1.29 is 19.0 Å². The molecule has 0 radical (unpaired) electrons. The van der Waals surface area contributed by atoms with E-state index in [-0.39, 0.29) is 11.9 Å². The summed E-state index contributed by atoms with van der Waals surface area (Å²) in [5.74, 6) is 0.101. The fourth-order valence-corrected chi connectivity index (χ4v) is 2.10. The van der Waals surface area contributed by atoms with Crippen LogP contribution in [0.5, 0.6) is 5.75 Å². The van der Waals surface area contributed by atoms with Crippen LogP contribution in [0, 0.1) is 5.82 Å². The lowest BCUT2D eigenvalue weighted by molar-refractivity contribution is -0.0332. The summed E-state index contributed by atoms with van der Waals surface area (Å²) < 4.78 is 23.7. The summed E-state index contributed by atoms with van der Waals surface area (Å²) in [5, 5.41) is 10.5. The van der Waals surface area contributed by atoms with Crippen LogP contribution in [-0.2, 0) is 10.3 Å². The molecule has 1 N–H and O–H groups in total. The number of hydrogen-bond donors (Lipinski definition) is 1. The molecule has 0 spiro atoms. The number of halogens is 1. The topological polar surface area (TPSA) is 38.7 Å². The van der Waals surface area contributed by atoms with Gasteiger partial charge in [-0.1, -0.05) is 0 Å². The minimum absolute atomic E-state index is 0.358. The predicted octanol–water partition coefficient (Wildman–Crippen LogP) is 1.83. The lowest BCUT2D eigenvalue weighted by Gasteiger charge is -2.28. The second-order valence-electron chi connectivity index (χ2n) is 4.03. The first kappa shape index (κ1) is 11.4. The molecule has 1 aliphatic heterocycles. The molecular formula is C12H15FO3. The highest BCUT2D eigenvalue weighted by molar-refractivity contribution is 5.39. The Kier molecular flexibility index (Phi) is 2.86. The molecule has 2 unspecified atom stereocenters. The van der Waals surface area contributed by atoms with Crippen molar-refractivity contribution >= 4 is 0 Å². The van der Waals surface area contributed by atoms with Crippen molar-refractivity contribution in [2.45, 2.75) is 25.0 Å². The molecule has 4 heteroatoms. The van der Waals surface area contributed by atoms with Gasteiger partial charge in [-0.25, -0.2) is 4.39 Å². The van der Waals surface area contributed by atoms with Gasteiger partial charge >= 0.3 is 0 Å². The van der Waals surface area contributed by atoms with Gasteiger partial charge < -0.3 is 14.6 Å². The Morgan fingerprint density at radius 2 is 2.31 bits per heavy atom. The van der Waals surface area contributed by atoms with E-state index in [1.54, 1.807) is 6.92 Å². The number of hydrogen-bond acceptors (Lipinski definition) is 3. The van der Waals surface area contributed by atoms with Gasteiger partial charge in [-0.05, 0) is 25.1 Å². The normalized spacial score (nSPS) is 29.4. The van der Waals surface area contributed by atoms with Gasteiger partial charge in [0, 0.05) is 12.0 Å². The summed E-state index contributed by atoms with van der Waals surface area (Å²) in [6, 6.07) is 4.14. The molecule has 1 heterocycles. The molecule has 0 amide bonds. The monoisotopic (exact) mass is 226 g/mol. The van der Waals surface area contributed by atoms with Crippen LogP contribution in [0.15, 0.2) is 18.2 Å². The van der Waals surface area contributed by atoms with Crippen molar-refractivity contribution in [1.29, 1.82) is 0 Å². The standard InChI is InChI=1S/C12H15FO3/c1-8-12(14,5-6-16-8)10-7-9(13)3-4-11(10)15-2/h3-4,7-8,14H,5-6H2,1-2H3. The largest absolute Gasteiger partial charge is 0.496 e. The molecule has 3 nitrogen and oxygen atoms in total. The molecule has 0 aromatic heterocycles. The quantitative estimate of drug-likeness (QED) is 0.836. The predicted molar refractivity (Wildman–Crippen MR) is 56.9 cm³/mol. The van der Waals surface area contributed by atoms with Crippen LogP contribution in [-0.4, -0.2) is 24.9 Å². The van der Waals surface area contributed by atoms with Crippen molar-refractivity contribution in [1.82, 2.24) is 0 Å². The van der Waals surface area contributed by atoms with E-state index in [0.717, 1.165) is 0 Å². The van der Waals surface area contributed by atoms with Crippen LogP contribution in [0.3, 0.4) is 0 Å². The van der Waals surface area contributed by atoms with E-state index in [1.165, 1.54) is 25.3 Å². The van der Waals surface area contributed by atoms with E-state index < -0.39 is 5.60 Å². The minimum atomic E-state index is -1.16. The van der Waals surface area contributed by atoms with Crippen LogP contribution in [0.2, 0.25) is 0 Å². The summed E-state index contributed by atoms with van der Waals surface area (Å²) in [6.45, 7) is 2.24. The second-order valence-corrected chi connectivity index (χ2v) is 4.03. The van der Waals surface area contributed by atoms with Gasteiger partial charge in [-0.15, -0.1) is 0 Å². The summed E-state index contributed by atoms with van der Waals surface area (Å²) in [5.41, 5.74) is -0.701. The maximum atomic E-state index is 13.2. The van der Waals surface area contributed by atoms with Gasteiger partial charge in [0.15, 0.2) is 0 Å². The fraction of sp³-hybridized carbons (Fsp3) is 0.500. The third kappa shape index (κ3) is 1.68. The number of rotatable bonds is 2. The van der Waals surface area contributed by atoms with Gasteiger partial charge in [0.25, 0.3) is 0 Å². The first-order chi connectivity index (χ1) is 7.58. The molecule has 0 aliphatic carbocycles. The maximum Gasteiger partial charge on any atom is 0.125 e. The smallest absolute Gasteiger partial charge is 0.125 e. The van der Waals surface area contributed by atoms with Crippen molar-refractivity contribution in [2.24, 2.45) is 0 Å². The third-order valence-corrected chi connectivity index (χ3v) is 3.15. The fourth-order valence-electron chi connectivity index (χ4n) is 2.10. The zero-order valence-corrected chi connectivity index (χ0v) is 9.37. The molecule has 1 aromatic rings. The molecule has 1 aliphatic rings. The molecule has 2 rings (SSSR count). The Bertz CT molecular complexity index is 394. The highest BCUT2D eigenvalue weighted by Crippen LogP contribution is 2.40. The lowest BCUT2D eigenvalue weighted by atomic mass is 9.87. The molecule has 88 valence electrons. The molecular weight excluding hydrogens is 211 g/mol. The summed E-state index contributed by atoms with van der Waals surface area (Å²) in [6.07, 6.45) is 0.0942. The maximum absolute atomic E-state index is 13.2. The Morgan fingerprint density at radius 3 is 2.88 bits per heavy atom. The van der Waals surface area contributed by atoms with Crippen LogP contribution < -0.4 is 4.74 Å². The molecule has 1 aromatic carbocycles. The Balaban J connectivity index is 2.49. The van der Waals surface area contributed by atoms with Gasteiger partial charge in [0.2, 0.25) is 0 Å². The van der Waals surface area contributed by atoms with E-state index in [9.17, 15) is 9.50 Å². The minimum Gasteiger partial charge on any atom is -0.496 e. The zero-order valence-electron chi connectivity index (χ0n) is 9.37. The first-order valence-electron chi connectivity index (χ1n) is 5.26. The van der Waals surface area contributed by atoms with E-state index in [0.29, 0.717) is 24.3 Å². The third-order valence-electron chi connectivity index (χ3n) is 3.15. The van der Waals surface area contributed by atoms with E-state index in [2.05, 4.69) is 0 Å². The second kappa shape index (κ2) is 4.03. The SMILES string of the molecule is COc1ccc(F)cc1C1(O)CCOC1C. The molecule has 16 heavy (non-hydrogen) atoms. The summed E-state index contributed by atoms with van der Waals surface area (Å²) in [7, 11) is 1.50. The first-order valence-corrected chi connectivity index (χ1v) is 5.26. The van der Waals surface area contributed by atoms with Crippen LogP contribution in [0.25, 0.3) is 0 Å². The number of ether oxygens (including phenoxy) is 2. The van der Waals surface area contributed by atoms with Crippen molar-refractivity contribution in [3.63, 3.8) is 0 Å². The van der Waals surface area contributed by atoms with Crippen LogP contribution in [0.4, 0.5) is 4.39 Å². The zero-order chi connectivity index (χ0) is 11.8. The Morgan fingerprint density at radius 1 is 1.56 bits per heavy atom. The van der Waals surface area contributed by atoms with Gasteiger partial charge in [-0.2, -0.15) is 0 Å². The molecule has 0 saturated carbocycles. The molecule has 1 fully saturated rings. The van der Waals surface area contributed by atoms with Gasteiger partial charge in [0.1, 0.15) is 17.2 Å². The van der Waals surface area contributed by atoms with Crippen LogP contribution in [0.1, 0.15) is 18.9 Å². The Labute approximate surface area is 93.8 Å². The highest BCUT2D eigenvalue weighted by atomic mass is 19.1. The highest BCUT2D eigenvalue weighted by Gasteiger charge is 2.43. The Hall–Kier alpha value is -1.13. The van der Waals surface area contributed by atoms with Crippen LogP contribution >= 0.6 is 0 Å². The summed E-state index contributed by atoms with van der Waals surface area (Å²) >= 11 is 0. The average Bonchev–Trinajstić information content (AvgIpc) is 2.60. The van der Waals surface area contributed by atoms with E-state index in [1.807, 2.05) is 0 Å². The van der Waals surface area contributed by atoms with Gasteiger partial charge in [0.05, 0.1) is 19.8 Å². The van der Waals surface area contributed by atoms with Crippen molar-refractivity contribution in [3.05, 3.63) is 29.6 Å². The van der Waals surface area contributed by atoms with Crippen molar-refractivity contribution in [3.8, 4) is 5.75 Å². The average molecular weight is 226 g/mol.